The number of nitrogens with zero attached hydrogens (tertiary/aromatic N) is 5. The minimum absolute atomic E-state index is 0.0356. The maximum atomic E-state index is 9.29. The predicted octanol–water partition coefficient (Wildman–Crippen LogP) is 3.65. The Bertz CT molecular complexity index is 1190. The van der Waals surface area contributed by atoms with E-state index in [1.165, 1.54) is 5.56 Å². The number of hydrogen-bond donors (Lipinski definition) is 2. The van der Waals surface area contributed by atoms with Crippen molar-refractivity contribution in [3.05, 3.63) is 72.1 Å². The Labute approximate surface area is 187 Å². The Morgan fingerprint density at radius 3 is 2.50 bits per heavy atom. The first kappa shape index (κ1) is 20.6. The monoisotopic (exact) mass is 428 g/mol. The third-order valence-electron chi connectivity index (χ3n) is 5.95. The molecule has 1 aliphatic heterocycles. The SMILES string of the molecule is Cc1nc(NCCO)c2nc(-c3ccccc3)n(C3CCN(Cc4ccccc4)C3)c2n1. The van der Waals surface area contributed by atoms with Crippen LogP contribution in [0.3, 0.4) is 0 Å². The number of nitrogens with one attached hydrogen (secondary N) is 1. The molecule has 1 aliphatic rings. The van der Waals surface area contributed by atoms with Crippen LogP contribution >= 0.6 is 0 Å². The molecule has 0 radical (unpaired) electrons. The standard InChI is InChI=1S/C25H28N6O/c1-18-27-23(26-13-15-32)22-25(28-18)31(24(29-22)20-10-6-3-7-11-20)21-12-14-30(17-21)16-19-8-4-2-5-9-19/h2-11,21,32H,12-17H2,1H3,(H,26,27,28). The van der Waals surface area contributed by atoms with E-state index in [4.69, 9.17) is 9.97 Å². The van der Waals surface area contributed by atoms with Crippen molar-refractivity contribution in [2.75, 3.05) is 31.6 Å². The van der Waals surface area contributed by atoms with Gasteiger partial charge in [0.1, 0.15) is 11.6 Å². The zero-order valence-electron chi connectivity index (χ0n) is 18.3. The summed E-state index contributed by atoms with van der Waals surface area (Å²) in [5, 5.41) is 12.5. The van der Waals surface area contributed by atoms with Gasteiger partial charge in [-0.1, -0.05) is 60.7 Å². The molecular formula is C25H28N6O. The molecule has 1 unspecified atom stereocenters. The van der Waals surface area contributed by atoms with Gasteiger partial charge in [-0.25, -0.2) is 15.0 Å². The summed E-state index contributed by atoms with van der Waals surface area (Å²) in [4.78, 5) is 16.9. The van der Waals surface area contributed by atoms with Gasteiger partial charge < -0.3 is 15.0 Å². The lowest BCUT2D eigenvalue weighted by Crippen LogP contribution is -2.21. The molecule has 1 fully saturated rings. The van der Waals surface area contributed by atoms with E-state index < -0.39 is 0 Å². The fourth-order valence-corrected chi connectivity index (χ4v) is 4.53. The third-order valence-corrected chi connectivity index (χ3v) is 5.95. The molecule has 0 spiro atoms. The highest BCUT2D eigenvalue weighted by atomic mass is 16.3. The molecule has 0 amide bonds. The van der Waals surface area contributed by atoms with E-state index in [-0.39, 0.29) is 12.6 Å². The summed E-state index contributed by atoms with van der Waals surface area (Å²) in [5.41, 5.74) is 4.01. The number of anilines is 1. The van der Waals surface area contributed by atoms with Crippen molar-refractivity contribution in [1.29, 1.82) is 0 Å². The average Bonchev–Trinajstić information content (AvgIpc) is 3.43. The summed E-state index contributed by atoms with van der Waals surface area (Å²) in [6, 6.07) is 21.2. The second-order valence-corrected chi connectivity index (χ2v) is 8.28. The lowest BCUT2D eigenvalue weighted by Gasteiger charge is -2.19. The van der Waals surface area contributed by atoms with E-state index in [2.05, 4.69) is 62.2 Å². The highest BCUT2D eigenvalue weighted by Gasteiger charge is 2.29. The number of aliphatic hydroxyl groups excluding tert-OH is 1. The van der Waals surface area contributed by atoms with Crippen LogP contribution in [0.5, 0.6) is 0 Å². The second-order valence-electron chi connectivity index (χ2n) is 8.28. The van der Waals surface area contributed by atoms with Crippen molar-refractivity contribution in [3.8, 4) is 11.4 Å². The Hall–Kier alpha value is -3.29. The first-order valence-electron chi connectivity index (χ1n) is 11.2. The second kappa shape index (κ2) is 9.06. The van der Waals surface area contributed by atoms with Crippen LogP contribution in [0.2, 0.25) is 0 Å². The van der Waals surface area contributed by atoms with Gasteiger partial charge in [0.25, 0.3) is 0 Å². The number of aliphatic hydroxyl groups is 1. The van der Waals surface area contributed by atoms with Gasteiger partial charge in [0, 0.05) is 31.7 Å². The Morgan fingerprint density at radius 2 is 1.75 bits per heavy atom. The van der Waals surface area contributed by atoms with E-state index in [9.17, 15) is 5.11 Å². The number of imidazole rings is 1. The van der Waals surface area contributed by atoms with Gasteiger partial charge in [0.15, 0.2) is 17.0 Å². The fraction of sp³-hybridized carbons (Fsp3) is 0.320. The number of hydrogen-bond acceptors (Lipinski definition) is 6. The summed E-state index contributed by atoms with van der Waals surface area (Å²) < 4.78 is 2.30. The van der Waals surface area contributed by atoms with Gasteiger partial charge in [0.05, 0.1) is 12.6 Å². The predicted molar refractivity (Wildman–Crippen MR) is 126 cm³/mol. The summed E-state index contributed by atoms with van der Waals surface area (Å²) in [6.45, 7) is 5.29. The van der Waals surface area contributed by atoms with E-state index >= 15 is 0 Å². The van der Waals surface area contributed by atoms with Gasteiger partial charge in [-0.05, 0) is 18.9 Å². The lowest BCUT2D eigenvalue weighted by atomic mass is 10.2. The molecule has 1 atom stereocenters. The van der Waals surface area contributed by atoms with Crippen LogP contribution in [-0.2, 0) is 6.54 Å². The average molecular weight is 429 g/mol. The van der Waals surface area contributed by atoms with Gasteiger partial charge >= 0.3 is 0 Å². The van der Waals surface area contributed by atoms with Crippen molar-refractivity contribution in [3.63, 3.8) is 0 Å². The Morgan fingerprint density at radius 1 is 1.00 bits per heavy atom. The first-order chi connectivity index (χ1) is 15.7. The van der Waals surface area contributed by atoms with Crippen molar-refractivity contribution in [1.82, 2.24) is 24.4 Å². The van der Waals surface area contributed by atoms with Crippen LogP contribution in [0.4, 0.5) is 5.82 Å². The van der Waals surface area contributed by atoms with Gasteiger partial charge in [-0.2, -0.15) is 0 Å². The van der Waals surface area contributed by atoms with Crippen LogP contribution < -0.4 is 5.32 Å². The lowest BCUT2D eigenvalue weighted by molar-refractivity contribution is 0.311. The van der Waals surface area contributed by atoms with Crippen molar-refractivity contribution >= 4 is 17.0 Å². The van der Waals surface area contributed by atoms with Crippen molar-refractivity contribution < 1.29 is 5.11 Å². The number of aromatic nitrogens is 4. The zero-order chi connectivity index (χ0) is 21.9. The molecule has 0 aliphatic carbocycles. The van der Waals surface area contributed by atoms with Crippen LogP contribution in [0.15, 0.2) is 60.7 Å². The van der Waals surface area contributed by atoms with E-state index in [1.807, 2.05) is 25.1 Å². The van der Waals surface area contributed by atoms with Crippen LogP contribution in [0, 0.1) is 6.92 Å². The molecule has 7 heteroatoms. The van der Waals surface area contributed by atoms with Crippen LogP contribution in [0.1, 0.15) is 23.9 Å². The molecule has 3 heterocycles. The number of fused-ring (bicyclic) bond motifs is 1. The minimum atomic E-state index is 0.0356. The van der Waals surface area contributed by atoms with E-state index in [0.29, 0.717) is 18.2 Å². The summed E-state index contributed by atoms with van der Waals surface area (Å²) in [7, 11) is 0. The maximum Gasteiger partial charge on any atom is 0.166 e. The number of aryl methyl sites for hydroxylation is 1. The first-order valence-corrected chi connectivity index (χ1v) is 11.2. The number of rotatable bonds is 7. The van der Waals surface area contributed by atoms with Crippen molar-refractivity contribution in [2.45, 2.75) is 25.9 Å². The smallest absolute Gasteiger partial charge is 0.166 e. The quantitative estimate of drug-likeness (QED) is 0.468. The molecule has 5 rings (SSSR count). The topological polar surface area (TPSA) is 79.1 Å². The molecule has 164 valence electrons. The molecule has 0 saturated carbocycles. The number of likely N-dealkylation sites (tertiary alicyclic amines) is 1. The molecule has 4 aromatic rings. The maximum absolute atomic E-state index is 9.29. The molecular weight excluding hydrogens is 400 g/mol. The minimum Gasteiger partial charge on any atom is -0.395 e. The molecule has 32 heavy (non-hydrogen) atoms. The largest absolute Gasteiger partial charge is 0.395 e. The molecule has 7 nitrogen and oxygen atoms in total. The fourth-order valence-electron chi connectivity index (χ4n) is 4.53. The van der Waals surface area contributed by atoms with E-state index in [0.717, 1.165) is 48.6 Å². The van der Waals surface area contributed by atoms with Gasteiger partial charge in [0.2, 0.25) is 0 Å². The molecule has 2 aromatic carbocycles. The number of benzene rings is 2. The zero-order valence-corrected chi connectivity index (χ0v) is 18.3. The van der Waals surface area contributed by atoms with Crippen LogP contribution in [0.25, 0.3) is 22.6 Å². The molecule has 2 N–H and O–H groups in total. The Balaban J connectivity index is 1.55. The van der Waals surface area contributed by atoms with Crippen LogP contribution in [-0.4, -0.2) is 55.8 Å². The molecule has 1 saturated heterocycles. The summed E-state index contributed by atoms with van der Waals surface area (Å²) in [6.07, 6.45) is 1.04. The molecule has 2 aromatic heterocycles. The summed E-state index contributed by atoms with van der Waals surface area (Å²) in [5.74, 6) is 2.29. The molecule has 0 bridgehead atoms. The third kappa shape index (κ3) is 4.09. The highest BCUT2D eigenvalue weighted by molar-refractivity contribution is 5.87. The summed E-state index contributed by atoms with van der Waals surface area (Å²) >= 11 is 0. The van der Waals surface area contributed by atoms with Gasteiger partial charge in [-0.15, -0.1) is 0 Å². The van der Waals surface area contributed by atoms with E-state index in [1.54, 1.807) is 0 Å². The highest BCUT2D eigenvalue weighted by Crippen LogP contribution is 2.34. The van der Waals surface area contributed by atoms with Crippen molar-refractivity contribution in [2.24, 2.45) is 0 Å². The van der Waals surface area contributed by atoms with Gasteiger partial charge in [-0.3, -0.25) is 4.90 Å². The normalized spacial score (nSPS) is 16.6. The Kier molecular flexibility index (Phi) is 5.83.